The molecule has 5 rings (SSSR count). The van der Waals surface area contributed by atoms with Gasteiger partial charge in [-0.2, -0.15) is 5.10 Å². The molecule has 0 spiro atoms. The molecular weight excluding hydrogens is 440 g/mol. The number of ether oxygens (including phenoxy) is 1. The average molecular weight is 469 g/mol. The molecule has 0 bridgehead atoms. The summed E-state index contributed by atoms with van der Waals surface area (Å²) >= 11 is 1.60. The first-order valence-electron chi connectivity index (χ1n) is 11.7. The van der Waals surface area contributed by atoms with Crippen molar-refractivity contribution >= 4 is 43.8 Å². The van der Waals surface area contributed by atoms with Crippen LogP contribution in [-0.2, 0) is 6.54 Å². The van der Waals surface area contributed by atoms with E-state index in [2.05, 4.69) is 94.7 Å². The molecule has 0 unspecified atom stereocenters. The smallest absolute Gasteiger partial charge is 0.204 e. The molecule has 5 aromatic rings. The predicted octanol–water partition coefficient (Wildman–Crippen LogP) is 7.29. The van der Waals surface area contributed by atoms with E-state index in [4.69, 9.17) is 4.74 Å². The number of fused-ring (bicyclic) bond motifs is 2. The summed E-state index contributed by atoms with van der Waals surface area (Å²) in [6.45, 7) is 5.82. The van der Waals surface area contributed by atoms with Gasteiger partial charge in [-0.15, -0.1) is 0 Å². The molecule has 0 aliphatic carbocycles. The van der Waals surface area contributed by atoms with E-state index in [-0.39, 0.29) is 0 Å². The van der Waals surface area contributed by atoms with Gasteiger partial charge in [0.25, 0.3) is 0 Å². The molecule has 0 fully saturated rings. The highest BCUT2D eigenvalue weighted by Gasteiger charge is 2.08. The first kappa shape index (κ1) is 22.2. The topological polar surface area (TPSA) is 51.4 Å². The Morgan fingerprint density at radius 1 is 1.06 bits per heavy atom. The normalized spacial score (nSPS) is 12.5. The van der Waals surface area contributed by atoms with Gasteiger partial charge in [-0.3, -0.25) is 5.43 Å². The minimum atomic E-state index is 0.574. The Morgan fingerprint density at radius 3 is 2.68 bits per heavy atom. The Hall–Kier alpha value is -3.64. The Kier molecular flexibility index (Phi) is 6.58. The number of rotatable bonds is 9. The van der Waals surface area contributed by atoms with Crippen LogP contribution < -0.4 is 10.2 Å². The van der Waals surface area contributed by atoms with Crippen molar-refractivity contribution in [2.45, 2.75) is 32.7 Å². The Labute approximate surface area is 203 Å². The van der Waals surface area contributed by atoms with Crippen molar-refractivity contribution in [3.05, 3.63) is 90.1 Å². The Bertz CT molecular complexity index is 1380. The minimum Gasteiger partial charge on any atom is -0.492 e. The molecule has 2 heterocycles. The number of anilines is 1. The number of hydrogen-bond acceptors (Lipinski definition) is 5. The second-order valence-corrected chi connectivity index (χ2v) is 9.41. The van der Waals surface area contributed by atoms with Crippen molar-refractivity contribution in [1.29, 1.82) is 0 Å². The third-order valence-electron chi connectivity index (χ3n) is 6.14. The maximum absolute atomic E-state index is 6.03. The third kappa shape index (κ3) is 4.82. The molecule has 172 valence electrons. The molecule has 34 heavy (non-hydrogen) atoms. The van der Waals surface area contributed by atoms with E-state index in [1.54, 1.807) is 11.3 Å². The Morgan fingerprint density at radius 2 is 1.85 bits per heavy atom. The number of thiazole rings is 1. The lowest BCUT2D eigenvalue weighted by Gasteiger charge is -2.11. The molecule has 0 saturated heterocycles. The highest BCUT2D eigenvalue weighted by atomic mass is 32.1. The molecule has 0 amide bonds. The second-order valence-electron chi connectivity index (χ2n) is 8.38. The largest absolute Gasteiger partial charge is 0.492 e. The van der Waals surface area contributed by atoms with Crippen molar-refractivity contribution in [1.82, 2.24) is 9.55 Å². The zero-order chi connectivity index (χ0) is 23.3. The fraction of sp³-hybridized carbons (Fsp3) is 0.214. The summed E-state index contributed by atoms with van der Waals surface area (Å²) in [7, 11) is 0. The van der Waals surface area contributed by atoms with E-state index in [1.165, 1.54) is 11.1 Å². The maximum Gasteiger partial charge on any atom is 0.204 e. The Balaban J connectivity index is 1.26. The molecule has 0 saturated carbocycles. The number of hydrazone groups is 1. The van der Waals surface area contributed by atoms with Gasteiger partial charge >= 0.3 is 0 Å². The van der Waals surface area contributed by atoms with E-state index in [9.17, 15) is 0 Å². The standard InChI is InChI=1S/C28H28N4OS/c1-3-20(2)21-12-14-23(15-13-21)33-17-16-32-19-22(24-8-4-6-10-26(24)32)18-29-31-28-30-25-9-5-7-11-27(25)34-28/h4-15,18-20H,3,16-17H2,1-2H3,(H,30,31)/t20-/m0/s1. The van der Waals surface area contributed by atoms with E-state index >= 15 is 0 Å². The van der Waals surface area contributed by atoms with Crippen LogP contribution in [0.5, 0.6) is 5.75 Å². The molecule has 1 N–H and O–H groups in total. The molecule has 0 aliphatic heterocycles. The number of benzene rings is 3. The summed E-state index contributed by atoms with van der Waals surface area (Å²) in [6.07, 6.45) is 5.13. The van der Waals surface area contributed by atoms with Gasteiger partial charge in [0.1, 0.15) is 12.4 Å². The summed E-state index contributed by atoms with van der Waals surface area (Å²) in [4.78, 5) is 4.57. The lowest BCUT2D eigenvalue weighted by molar-refractivity contribution is 0.300. The van der Waals surface area contributed by atoms with Gasteiger partial charge in [0.15, 0.2) is 0 Å². The number of nitrogens with zero attached hydrogens (tertiary/aromatic N) is 3. The van der Waals surface area contributed by atoms with Crippen LogP contribution in [0.25, 0.3) is 21.1 Å². The van der Waals surface area contributed by atoms with Crippen molar-refractivity contribution in [3.8, 4) is 5.75 Å². The van der Waals surface area contributed by atoms with Crippen molar-refractivity contribution in [2.24, 2.45) is 5.10 Å². The number of hydrogen-bond donors (Lipinski definition) is 1. The fourth-order valence-corrected chi connectivity index (χ4v) is 4.85. The first-order valence-corrected chi connectivity index (χ1v) is 12.5. The van der Waals surface area contributed by atoms with E-state index in [0.717, 1.165) is 45.0 Å². The molecular formula is C28H28N4OS. The van der Waals surface area contributed by atoms with Crippen LogP contribution >= 0.6 is 11.3 Å². The highest BCUT2D eigenvalue weighted by molar-refractivity contribution is 7.22. The SMILES string of the molecule is CC[C@H](C)c1ccc(OCCn2cc(C=NNc3nc4ccccc4s3)c3ccccc32)cc1. The number of nitrogens with one attached hydrogen (secondary N) is 1. The van der Waals surface area contributed by atoms with E-state index in [0.29, 0.717) is 12.5 Å². The maximum atomic E-state index is 6.03. The van der Waals surface area contributed by atoms with Crippen LogP contribution in [0.1, 0.15) is 37.3 Å². The summed E-state index contributed by atoms with van der Waals surface area (Å²) < 4.78 is 9.40. The summed E-state index contributed by atoms with van der Waals surface area (Å²) in [5, 5.41) is 6.40. The highest BCUT2D eigenvalue weighted by Crippen LogP contribution is 2.26. The first-order chi connectivity index (χ1) is 16.7. The second kappa shape index (κ2) is 10.1. The third-order valence-corrected chi connectivity index (χ3v) is 7.08. The van der Waals surface area contributed by atoms with Crippen LogP contribution in [0.4, 0.5) is 5.13 Å². The molecule has 0 radical (unpaired) electrons. The van der Waals surface area contributed by atoms with Gasteiger partial charge in [-0.05, 0) is 48.2 Å². The van der Waals surface area contributed by atoms with Gasteiger partial charge in [0.2, 0.25) is 5.13 Å². The summed E-state index contributed by atoms with van der Waals surface area (Å²) in [5.74, 6) is 1.48. The lowest BCUT2D eigenvalue weighted by atomic mass is 9.99. The van der Waals surface area contributed by atoms with Gasteiger partial charge < -0.3 is 9.30 Å². The predicted molar refractivity (Wildman–Crippen MR) is 143 cm³/mol. The molecule has 5 nitrogen and oxygen atoms in total. The quantitative estimate of drug-likeness (QED) is 0.182. The molecule has 0 aliphatic rings. The van der Waals surface area contributed by atoms with Crippen LogP contribution in [0.2, 0.25) is 0 Å². The minimum absolute atomic E-state index is 0.574. The molecule has 1 atom stereocenters. The van der Waals surface area contributed by atoms with Crippen molar-refractivity contribution in [3.63, 3.8) is 0 Å². The van der Waals surface area contributed by atoms with Crippen LogP contribution in [0, 0.1) is 0 Å². The lowest BCUT2D eigenvalue weighted by Crippen LogP contribution is -2.07. The van der Waals surface area contributed by atoms with Gasteiger partial charge in [-0.1, -0.05) is 67.6 Å². The number of para-hydroxylation sites is 2. The summed E-state index contributed by atoms with van der Waals surface area (Å²) in [6, 6.07) is 24.9. The molecule has 6 heteroatoms. The molecule has 3 aromatic carbocycles. The zero-order valence-electron chi connectivity index (χ0n) is 19.4. The van der Waals surface area contributed by atoms with E-state index in [1.807, 2.05) is 24.4 Å². The van der Waals surface area contributed by atoms with Crippen LogP contribution in [-0.4, -0.2) is 22.4 Å². The van der Waals surface area contributed by atoms with Gasteiger partial charge in [0, 0.05) is 22.7 Å². The fourth-order valence-electron chi connectivity index (χ4n) is 4.03. The zero-order valence-corrected chi connectivity index (χ0v) is 20.3. The van der Waals surface area contributed by atoms with Crippen molar-refractivity contribution < 1.29 is 4.74 Å². The van der Waals surface area contributed by atoms with Crippen LogP contribution in [0.15, 0.2) is 84.1 Å². The number of aromatic nitrogens is 2. The molecule has 2 aromatic heterocycles. The van der Waals surface area contributed by atoms with Crippen LogP contribution in [0.3, 0.4) is 0 Å². The summed E-state index contributed by atoms with van der Waals surface area (Å²) in [5.41, 5.74) is 7.64. The van der Waals surface area contributed by atoms with Gasteiger partial charge in [-0.25, -0.2) is 4.98 Å². The van der Waals surface area contributed by atoms with Gasteiger partial charge in [0.05, 0.1) is 23.0 Å². The van der Waals surface area contributed by atoms with Crippen molar-refractivity contribution in [2.75, 3.05) is 12.0 Å². The van der Waals surface area contributed by atoms with E-state index < -0.39 is 0 Å². The monoisotopic (exact) mass is 468 g/mol. The average Bonchev–Trinajstić information content (AvgIpc) is 3.45.